The van der Waals surface area contributed by atoms with Gasteiger partial charge in [0.1, 0.15) is 23.3 Å². The summed E-state index contributed by atoms with van der Waals surface area (Å²) in [5, 5.41) is 10.8. The van der Waals surface area contributed by atoms with E-state index < -0.39 is 35.3 Å². The second-order valence-corrected chi connectivity index (χ2v) is 10.1. The number of rotatable bonds is 10. The van der Waals surface area contributed by atoms with E-state index in [1.807, 2.05) is 78.9 Å². The minimum atomic E-state index is -0.990. The molecule has 2 N–H and O–H groups in total. The molecule has 0 radical (unpaired) electrons. The Labute approximate surface area is 237 Å². The largest absolute Gasteiger partial charge is 0.497 e. The van der Waals surface area contributed by atoms with Crippen molar-refractivity contribution in [1.29, 1.82) is 0 Å². The van der Waals surface area contributed by atoms with Gasteiger partial charge >= 0.3 is 5.69 Å². The van der Waals surface area contributed by atoms with Gasteiger partial charge in [0.05, 0.1) is 33.0 Å². The molecule has 5 rings (SSSR count). The average molecular weight is 559 g/mol. The van der Waals surface area contributed by atoms with E-state index in [0.717, 1.165) is 28.2 Å². The fourth-order valence-corrected chi connectivity index (χ4v) is 5.35. The Hall–Kier alpha value is -4.18. The van der Waals surface area contributed by atoms with Crippen LogP contribution in [0.15, 0.2) is 94.6 Å². The van der Waals surface area contributed by atoms with Crippen molar-refractivity contribution < 1.29 is 24.1 Å². The predicted octanol–water partition coefficient (Wildman–Crippen LogP) is 3.91. The highest BCUT2D eigenvalue weighted by molar-refractivity contribution is 5.49. The molecular formula is C32H34N2O7. The Morgan fingerprint density at radius 1 is 0.902 bits per heavy atom. The van der Waals surface area contributed by atoms with Crippen LogP contribution in [0.4, 0.5) is 0 Å². The van der Waals surface area contributed by atoms with Gasteiger partial charge in [0.15, 0.2) is 0 Å². The lowest BCUT2D eigenvalue weighted by molar-refractivity contribution is -0.0548. The quantitative estimate of drug-likeness (QED) is 0.284. The lowest BCUT2D eigenvalue weighted by Crippen LogP contribution is -2.35. The normalized spacial score (nSPS) is 18.8. The Balaban J connectivity index is 1.46. The molecule has 0 spiro atoms. The number of nitrogens with zero attached hydrogens (tertiary/aromatic N) is 1. The van der Waals surface area contributed by atoms with Crippen molar-refractivity contribution in [3.05, 3.63) is 128 Å². The molecule has 1 aromatic heterocycles. The van der Waals surface area contributed by atoms with Crippen molar-refractivity contribution in [3.63, 3.8) is 0 Å². The molecule has 214 valence electrons. The smallest absolute Gasteiger partial charge is 0.330 e. The van der Waals surface area contributed by atoms with Crippen LogP contribution in [0, 0.1) is 6.92 Å². The Morgan fingerprint density at radius 3 is 2.02 bits per heavy atom. The minimum Gasteiger partial charge on any atom is -0.497 e. The van der Waals surface area contributed by atoms with E-state index in [0.29, 0.717) is 12.0 Å². The van der Waals surface area contributed by atoms with E-state index in [-0.39, 0.29) is 13.0 Å². The summed E-state index contributed by atoms with van der Waals surface area (Å²) in [6, 6.07) is 25.5. The van der Waals surface area contributed by atoms with E-state index in [9.17, 15) is 14.7 Å². The van der Waals surface area contributed by atoms with Crippen LogP contribution in [-0.4, -0.2) is 47.7 Å². The lowest BCUT2D eigenvalue weighted by Gasteiger charge is -2.36. The molecule has 2 heterocycles. The number of aromatic nitrogens is 2. The van der Waals surface area contributed by atoms with Crippen molar-refractivity contribution in [2.24, 2.45) is 0 Å². The maximum Gasteiger partial charge on any atom is 0.330 e. The maximum absolute atomic E-state index is 12.4. The van der Waals surface area contributed by atoms with Gasteiger partial charge in [0.25, 0.3) is 5.56 Å². The molecule has 0 aliphatic carbocycles. The summed E-state index contributed by atoms with van der Waals surface area (Å²) in [6.07, 6.45) is -0.0205. The zero-order valence-corrected chi connectivity index (χ0v) is 23.3. The molecule has 1 fully saturated rings. The van der Waals surface area contributed by atoms with Gasteiger partial charge in [-0.15, -0.1) is 0 Å². The maximum atomic E-state index is 12.4. The number of aliphatic hydroxyl groups excluding tert-OH is 1. The first-order valence-corrected chi connectivity index (χ1v) is 13.5. The number of H-pyrrole nitrogens is 1. The molecule has 1 aliphatic heterocycles. The molecule has 0 amide bonds. The summed E-state index contributed by atoms with van der Waals surface area (Å²) in [7, 11) is 3.25. The monoisotopic (exact) mass is 558 g/mol. The lowest BCUT2D eigenvalue weighted by atomic mass is 9.80. The van der Waals surface area contributed by atoms with Gasteiger partial charge in [0.2, 0.25) is 0 Å². The first kappa shape index (κ1) is 28.4. The third kappa shape index (κ3) is 5.69. The molecule has 41 heavy (non-hydrogen) atoms. The first-order valence-electron chi connectivity index (χ1n) is 13.5. The van der Waals surface area contributed by atoms with Crippen molar-refractivity contribution in [3.8, 4) is 11.5 Å². The van der Waals surface area contributed by atoms with Crippen molar-refractivity contribution in [2.45, 2.75) is 43.8 Å². The van der Waals surface area contributed by atoms with Crippen molar-refractivity contribution in [1.82, 2.24) is 9.55 Å². The summed E-state index contributed by atoms with van der Waals surface area (Å²) in [4.78, 5) is 26.5. The van der Waals surface area contributed by atoms with E-state index in [2.05, 4.69) is 4.98 Å². The molecule has 0 unspecified atom stereocenters. The second kappa shape index (κ2) is 12.1. The highest BCUT2D eigenvalue weighted by atomic mass is 16.5. The van der Waals surface area contributed by atoms with Crippen LogP contribution in [0.1, 0.15) is 41.3 Å². The zero-order chi connectivity index (χ0) is 29.0. The summed E-state index contributed by atoms with van der Waals surface area (Å²) < 4.78 is 25.1. The first-order chi connectivity index (χ1) is 19.8. The van der Waals surface area contributed by atoms with Crippen LogP contribution >= 0.6 is 0 Å². The van der Waals surface area contributed by atoms with Gasteiger partial charge in [-0.3, -0.25) is 14.3 Å². The third-order valence-corrected chi connectivity index (χ3v) is 7.55. The van der Waals surface area contributed by atoms with Gasteiger partial charge in [0, 0.05) is 18.2 Å². The second-order valence-electron chi connectivity index (χ2n) is 10.1. The van der Waals surface area contributed by atoms with Crippen LogP contribution in [0.3, 0.4) is 0 Å². The van der Waals surface area contributed by atoms with E-state index in [4.69, 9.17) is 18.9 Å². The Bertz CT molecular complexity index is 1520. The van der Waals surface area contributed by atoms with E-state index >= 15 is 0 Å². The standard InChI is InChI=1S/C32H34N2O7/c1-21-20-34(31(37)33-30(21)36)29-19-27(35)28(41-29)17-18-40-32(22-7-5-4-6-8-22,23-9-13-25(38-2)14-10-23)24-11-15-26(39-3)16-12-24/h4-16,20,27-29,35H,17-19H2,1-3H3,(H,33,36,37)/t27-,28+,29+/m0/s1. The van der Waals surface area contributed by atoms with Crippen LogP contribution < -0.4 is 20.7 Å². The fourth-order valence-electron chi connectivity index (χ4n) is 5.35. The summed E-state index contributed by atoms with van der Waals surface area (Å²) in [5.41, 5.74) is 1.11. The third-order valence-electron chi connectivity index (χ3n) is 7.55. The van der Waals surface area contributed by atoms with Crippen LogP contribution in [0.5, 0.6) is 11.5 Å². The van der Waals surface area contributed by atoms with Gasteiger partial charge in [-0.1, -0.05) is 54.6 Å². The number of nitrogens with one attached hydrogen (secondary N) is 1. The van der Waals surface area contributed by atoms with Crippen LogP contribution in [0.25, 0.3) is 0 Å². The zero-order valence-electron chi connectivity index (χ0n) is 23.3. The van der Waals surface area contributed by atoms with E-state index in [1.165, 1.54) is 10.8 Å². The number of methoxy groups -OCH3 is 2. The molecule has 0 saturated carbocycles. The molecule has 3 aromatic carbocycles. The molecule has 1 saturated heterocycles. The van der Waals surface area contributed by atoms with Crippen LogP contribution in [-0.2, 0) is 15.1 Å². The molecule has 9 heteroatoms. The van der Waals surface area contributed by atoms with Crippen molar-refractivity contribution >= 4 is 0 Å². The Kier molecular flexibility index (Phi) is 8.39. The predicted molar refractivity (Wildman–Crippen MR) is 153 cm³/mol. The molecular weight excluding hydrogens is 524 g/mol. The number of benzene rings is 3. The molecule has 0 bridgehead atoms. The molecule has 3 atom stereocenters. The number of aliphatic hydroxyl groups is 1. The number of aromatic amines is 1. The number of hydrogen-bond acceptors (Lipinski definition) is 7. The minimum absolute atomic E-state index is 0.219. The van der Waals surface area contributed by atoms with Crippen molar-refractivity contribution in [2.75, 3.05) is 20.8 Å². The molecule has 9 nitrogen and oxygen atoms in total. The van der Waals surface area contributed by atoms with Gasteiger partial charge < -0.3 is 24.1 Å². The van der Waals surface area contributed by atoms with Gasteiger partial charge in [-0.05, 0) is 54.3 Å². The summed E-state index contributed by atoms with van der Waals surface area (Å²) >= 11 is 0. The molecule has 4 aromatic rings. The topological polar surface area (TPSA) is 112 Å². The molecule has 1 aliphatic rings. The van der Waals surface area contributed by atoms with Gasteiger partial charge in [-0.2, -0.15) is 0 Å². The highest BCUT2D eigenvalue weighted by Crippen LogP contribution is 2.42. The van der Waals surface area contributed by atoms with E-state index in [1.54, 1.807) is 21.1 Å². The summed E-state index contributed by atoms with van der Waals surface area (Å²) in [6.45, 7) is 1.86. The fraction of sp³-hybridized carbons (Fsp3) is 0.312. The van der Waals surface area contributed by atoms with Crippen LogP contribution in [0.2, 0.25) is 0 Å². The SMILES string of the molecule is COc1ccc(C(OCC[C@H]2O[C@@H](n3cc(C)c(=O)[nH]c3=O)C[C@@H]2O)(c2ccccc2)c2ccc(OC)cc2)cc1. The number of hydrogen-bond donors (Lipinski definition) is 2. The number of ether oxygens (including phenoxy) is 4. The average Bonchev–Trinajstić information content (AvgIpc) is 3.37. The van der Waals surface area contributed by atoms with Gasteiger partial charge in [-0.25, -0.2) is 4.79 Å². The highest BCUT2D eigenvalue weighted by Gasteiger charge is 2.40. The Morgan fingerprint density at radius 2 is 1.46 bits per heavy atom. The summed E-state index contributed by atoms with van der Waals surface area (Å²) in [5.74, 6) is 1.46. The number of aryl methyl sites for hydroxylation is 1.